The van der Waals surface area contributed by atoms with Crippen LogP contribution in [-0.2, 0) is 32.0 Å². The summed E-state index contributed by atoms with van der Waals surface area (Å²) in [5.74, 6) is -1.33. The number of carbonyl (C=O) groups is 3. The van der Waals surface area contributed by atoms with Crippen molar-refractivity contribution < 1.29 is 33.7 Å². The number of piperidine rings is 1. The van der Waals surface area contributed by atoms with Crippen LogP contribution in [0.4, 0.5) is 4.39 Å². The molecule has 258 valence electrons. The zero-order chi connectivity index (χ0) is 35.3. The Hall–Kier alpha value is -5.55. The lowest BCUT2D eigenvalue weighted by molar-refractivity contribution is -0.143. The van der Waals surface area contributed by atoms with Crippen molar-refractivity contribution in [2.45, 2.75) is 38.2 Å². The van der Waals surface area contributed by atoms with Crippen molar-refractivity contribution in [1.82, 2.24) is 20.2 Å². The van der Waals surface area contributed by atoms with Gasteiger partial charge in [0.2, 0.25) is 11.8 Å². The first-order chi connectivity index (χ1) is 24.1. The zero-order valence-corrected chi connectivity index (χ0v) is 27.7. The summed E-state index contributed by atoms with van der Waals surface area (Å²) in [6.45, 7) is 0.504. The number of hydrogen-bond acceptors (Lipinski definition) is 7. The Morgan fingerprint density at radius 1 is 1.00 bits per heavy atom. The van der Waals surface area contributed by atoms with E-state index in [4.69, 9.17) is 0 Å². The molecule has 3 heterocycles. The number of likely N-dealkylation sites (tertiary alicyclic amines) is 1. The number of aromatic hydroxyl groups is 1. The lowest BCUT2D eigenvalue weighted by atomic mass is 9.72. The number of amides is 2. The van der Waals surface area contributed by atoms with Crippen molar-refractivity contribution in [2.75, 3.05) is 26.7 Å². The van der Waals surface area contributed by atoms with Gasteiger partial charge in [-0.25, -0.2) is 4.39 Å². The van der Waals surface area contributed by atoms with E-state index in [1.165, 1.54) is 19.2 Å². The molecule has 3 aromatic carbocycles. The third kappa shape index (κ3) is 7.84. The Balaban J connectivity index is 1.11. The molecule has 0 bridgehead atoms. The van der Waals surface area contributed by atoms with Gasteiger partial charge < -0.3 is 30.2 Å². The fourth-order valence-electron chi connectivity index (χ4n) is 6.61. The molecule has 0 saturated carbocycles. The van der Waals surface area contributed by atoms with Gasteiger partial charge in [-0.05, 0) is 77.9 Å². The molecule has 0 aliphatic carbocycles. The molecule has 2 amide bonds. The van der Waals surface area contributed by atoms with Crippen LogP contribution in [0, 0.1) is 11.2 Å². The maximum atomic E-state index is 13.6. The number of aromatic amines is 1. The highest BCUT2D eigenvalue weighted by molar-refractivity contribution is 5.87. The molecule has 1 aliphatic heterocycles. The fraction of sp³-hybridized carbons (Fsp3) is 0.282. The monoisotopic (exact) mass is 678 g/mol. The topological polar surface area (TPSA) is 145 Å². The first-order valence-electron chi connectivity index (χ1n) is 16.5. The fourth-order valence-corrected chi connectivity index (χ4v) is 6.61. The quantitative estimate of drug-likeness (QED) is 0.141. The standard InChI is InChI=1S/C39H39FN4O6/c1-50-37(48)21-31(45)23-42-38(49)39(22-25-5-8-30(40)9-6-25)12-15-44(16-13-39)36(47)18-26-7-10-32(35(46)17-26)27-3-2-4-28(19-27)33-20-29-11-14-41-24-34(29)43-33/h2-11,14,17,19-20,24,31,43,45-46H,12-13,15-16,18,21-23H2,1H3,(H,42,49). The van der Waals surface area contributed by atoms with E-state index in [0.717, 1.165) is 33.3 Å². The molecule has 11 heteroatoms. The van der Waals surface area contributed by atoms with Crippen molar-refractivity contribution in [2.24, 2.45) is 5.41 Å². The minimum Gasteiger partial charge on any atom is -0.507 e. The number of esters is 1. The number of methoxy groups -OCH3 is 1. The van der Waals surface area contributed by atoms with Gasteiger partial charge in [-0.15, -0.1) is 0 Å². The maximum Gasteiger partial charge on any atom is 0.308 e. The average Bonchev–Trinajstić information content (AvgIpc) is 3.56. The number of aliphatic hydroxyl groups excluding tert-OH is 1. The van der Waals surface area contributed by atoms with Gasteiger partial charge in [0, 0.05) is 42.5 Å². The number of pyridine rings is 1. The number of phenols is 1. The van der Waals surface area contributed by atoms with Crippen LogP contribution in [0.25, 0.3) is 33.3 Å². The molecule has 0 radical (unpaired) electrons. The van der Waals surface area contributed by atoms with Crippen LogP contribution in [-0.4, -0.2) is 75.7 Å². The van der Waals surface area contributed by atoms with Gasteiger partial charge in [-0.1, -0.05) is 42.5 Å². The minimum atomic E-state index is -1.11. The van der Waals surface area contributed by atoms with Crippen LogP contribution in [0.15, 0.2) is 91.3 Å². The predicted octanol–water partition coefficient (Wildman–Crippen LogP) is 5.18. The number of fused-ring (bicyclic) bond motifs is 1. The number of rotatable bonds is 11. The van der Waals surface area contributed by atoms with Crippen LogP contribution in [0.2, 0.25) is 0 Å². The third-order valence-electron chi connectivity index (χ3n) is 9.46. The second-order valence-corrected chi connectivity index (χ2v) is 12.9. The molecule has 1 atom stereocenters. The summed E-state index contributed by atoms with van der Waals surface area (Å²) >= 11 is 0. The van der Waals surface area contributed by atoms with Crippen molar-refractivity contribution >= 4 is 28.7 Å². The highest BCUT2D eigenvalue weighted by Crippen LogP contribution is 2.37. The summed E-state index contributed by atoms with van der Waals surface area (Å²) in [6.07, 6.45) is 3.26. The van der Waals surface area contributed by atoms with E-state index < -0.39 is 17.5 Å². The van der Waals surface area contributed by atoms with Crippen LogP contribution < -0.4 is 5.32 Å². The summed E-state index contributed by atoms with van der Waals surface area (Å²) in [4.78, 5) is 47.9. The number of aliphatic hydroxyl groups is 1. The SMILES string of the molecule is COC(=O)CC(O)CNC(=O)C1(Cc2ccc(F)cc2)CCN(C(=O)Cc2ccc(-c3cccc(-c4cc5ccncc5[nH]4)c3)c(O)c2)CC1. The van der Waals surface area contributed by atoms with Gasteiger partial charge >= 0.3 is 5.97 Å². The normalized spacial score (nSPS) is 14.7. The van der Waals surface area contributed by atoms with Crippen LogP contribution in [0.5, 0.6) is 5.75 Å². The molecule has 0 spiro atoms. The maximum absolute atomic E-state index is 13.6. The molecule has 1 aliphatic rings. The van der Waals surface area contributed by atoms with Crippen molar-refractivity contribution in [3.63, 3.8) is 0 Å². The van der Waals surface area contributed by atoms with Crippen LogP contribution in [0.3, 0.4) is 0 Å². The first-order valence-corrected chi connectivity index (χ1v) is 16.5. The zero-order valence-electron chi connectivity index (χ0n) is 27.7. The molecule has 10 nitrogen and oxygen atoms in total. The number of hydrogen-bond donors (Lipinski definition) is 4. The van der Waals surface area contributed by atoms with E-state index in [9.17, 15) is 29.0 Å². The Kier molecular flexibility index (Phi) is 10.2. The van der Waals surface area contributed by atoms with E-state index in [1.54, 1.807) is 35.5 Å². The van der Waals surface area contributed by atoms with E-state index in [2.05, 4.69) is 26.1 Å². The van der Waals surface area contributed by atoms with Crippen LogP contribution in [0.1, 0.15) is 30.4 Å². The van der Waals surface area contributed by atoms with Crippen molar-refractivity contribution in [3.05, 3.63) is 108 Å². The van der Waals surface area contributed by atoms with E-state index >= 15 is 0 Å². The Labute approximate surface area is 288 Å². The molecule has 6 rings (SSSR count). The third-order valence-corrected chi connectivity index (χ3v) is 9.46. The lowest BCUT2D eigenvalue weighted by Crippen LogP contribution is -2.52. The van der Waals surface area contributed by atoms with Gasteiger partial charge in [0.15, 0.2) is 0 Å². The number of aromatic nitrogens is 2. The number of nitrogens with one attached hydrogen (secondary N) is 2. The second-order valence-electron chi connectivity index (χ2n) is 12.9. The number of phenolic OH excluding ortho intramolecular Hbond substituents is 1. The van der Waals surface area contributed by atoms with Crippen molar-refractivity contribution in [3.8, 4) is 28.1 Å². The van der Waals surface area contributed by atoms with E-state index in [0.29, 0.717) is 43.5 Å². The molecule has 1 saturated heterocycles. The Morgan fingerprint density at radius 3 is 2.46 bits per heavy atom. The van der Waals surface area contributed by atoms with E-state index in [-0.39, 0.29) is 42.8 Å². The number of ether oxygens (including phenoxy) is 1. The summed E-state index contributed by atoms with van der Waals surface area (Å²) in [5.41, 5.74) is 4.85. The van der Waals surface area contributed by atoms with Crippen molar-refractivity contribution in [1.29, 1.82) is 0 Å². The largest absolute Gasteiger partial charge is 0.507 e. The molecule has 1 fully saturated rings. The second kappa shape index (κ2) is 14.9. The summed E-state index contributed by atoms with van der Waals surface area (Å²) < 4.78 is 18.2. The van der Waals surface area contributed by atoms with Gasteiger partial charge in [-0.3, -0.25) is 19.4 Å². The number of halogens is 1. The smallest absolute Gasteiger partial charge is 0.308 e. The number of benzene rings is 3. The average molecular weight is 679 g/mol. The van der Waals surface area contributed by atoms with Crippen LogP contribution >= 0.6 is 0 Å². The molecule has 4 N–H and O–H groups in total. The van der Waals surface area contributed by atoms with Gasteiger partial charge in [0.1, 0.15) is 11.6 Å². The van der Waals surface area contributed by atoms with Gasteiger partial charge in [0.05, 0.1) is 43.2 Å². The van der Waals surface area contributed by atoms with E-state index in [1.807, 2.05) is 42.5 Å². The van der Waals surface area contributed by atoms with Gasteiger partial charge in [-0.2, -0.15) is 0 Å². The highest BCUT2D eigenvalue weighted by atomic mass is 19.1. The molecular weight excluding hydrogens is 639 g/mol. The lowest BCUT2D eigenvalue weighted by Gasteiger charge is -2.41. The minimum absolute atomic E-state index is 0.0660. The summed E-state index contributed by atoms with van der Waals surface area (Å²) in [5, 5.41) is 25.1. The molecule has 5 aromatic rings. The molecular formula is C39H39FN4O6. The summed E-state index contributed by atoms with van der Waals surface area (Å²) in [6, 6.07) is 23.1. The molecule has 2 aromatic heterocycles. The summed E-state index contributed by atoms with van der Waals surface area (Å²) in [7, 11) is 1.23. The Morgan fingerprint density at radius 2 is 1.74 bits per heavy atom. The van der Waals surface area contributed by atoms with Gasteiger partial charge in [0.25, 0.3) is 0 Å². The highest BCUT2D eigenvalue weighted by Gasteiger charge is 2.42. The number of H-pyrrole nitrogens is 1. The molecule has 50 heavy (non-hydrogen) atoms. The molecule has 1 unspecified atom stereocenters. The number of nitrogens with zero attached hydrogens (tertiary/aromatic N) is 2. The predicted molar refractivity (Wildman–Crippen MR) is 186 cm³/mol. The number of carbonyl (C=O) groups excluding carboxylic acids is 3. The first kappa shape index (κ1) is 34.3. The Bertz CT molecular complexity index is 1970.